The Kier molecular flexibility index (Phi) is 3.27. The van der Waals surface area contributed by atoms with Crippen LogP contribution in [-0.4, -0.2) is 34.9 Å². The van der Waals surface area contributed by atoms with Crippen molar-refractivity contribution >= 4 is 5.91 Å². The van der Waals surface area contributed by atoms with Crippen molar-refractivity contribution in [2.24, 2.45) is 5.92 Å². The second kappa shape index (κ2) is 4.93. The fourth-order valence-electron chi connectivity index (χ4n) is 3.10. The molecule has 0 aliphatic carbocycles. The van der Waals surface area contributed by atoms with Crippen LogP contribution in [0.3, 0.4) is 0 Å². The molecule has 0 saturated carbocycles. The van der Waals surface area contributed by atoms with Crippen LogP contribution < -0.4 is 5.32 Å². The van der Waals surface area contributed by atoms with E-state index < -0.39 is 0 Å². The molecular formula is C15H21N3O. The summed E-state index contributed by atoms with van der Waals surface area (Å²) in [6.07, 6.45) is 3.87. The molecule has 3 heterocycles. The van der Waals surface area contributed by atoms with E-state index >= 15 is 0 Å². The molecule has 102 valence electrons. The average Bonchev–Trinajstić information content (AvgIpc) is 2.78. The second-order valence-corrected chi connectivity index (χ2v) is 5.73. The van der Waals surface area contributed by atoms with Crippen molar-refractivity contribution < 1.29 is 4.79 Å². The third kappa shape index (κ3) is 2.14. The molecule has 2 unspecified atom stereocenters. The van der Waals surface area contributed by atoms with Gasteiger partial charge >= 0.3 is 0 Å². The van der Waals surface area contributed by atoms with E-state index in [9.17, 15) is 4.79 Å². The SMILES string of the molecule is CC1CCN(C(=O)c2nccc3c2CNCC3)C1C. The molecule has 1 amide bonds. The number of amides is 1. The molecule has 2 atom stereocenters. The van der Waals surface area contributed by atoms with E-state index in [1.54, 1.807) is 6.20 Å². The molecule has 3 rings (SSSR count). The van der Waals surface area contributed by atoms with Gasteiger partial charge in [-0.3, -0.25) is 9.78 Å². The molecule has 2 aliphatic rings. The fourth-order valence-corrected chi connectivity index (χ4v) is 3.10. The van der Waals surface area contributed by atoms with E-state index in [4.69, 9.17) is 0 Å². The Morgan fingerprint density at radius 1 is 1.47 bits per heavy atom. The Balaban J connectivity index is 1.92. The third-order valence-electron chi connectivity index (χ3n) is 4.63. The number of likely N-dealkylation sites (tertiary alicyclic amines) is 1. The highest BCUT2D eigenvalue weighted by Crippen LogP contribution is 2.26. The molecule has 19 heavy (non-hydrogen) atoms. The molecule has 4 nitrogen and oxygen atoms in total. The summed E-state index contributed by atoms with van der Waals surface area (Å²) in [4.78, 5) is 19.1. The molecule has 1 aromatic rings. The average molecular weight is 259 g/mol. The van der Waals surface area contributed by atoms with Gasteiger partial charge in [-0.2, -0.15) is 0 Å². The Morgan fingerprint density at radius 3 is 3.05 bits per heavy atom. The maximum absolute atomic E-state index is 12.7. The van der Waals surface area contributed by atoms with Crippen LogP contribution in [-0.2, 0) is 13.0 Å². The zero-order valence-electron chi connectivity index (χ0n) is 11.6. The number of hydrogen-bond donors (Lipinski definition) is 1. The van der Waals surface area contributed by atoms with Gasteiger partial charge in [0.05, 0.1) is 0 Å². The van der Waals surface area contributed by atoms with Crippen LogP contribution in [0, 0.1) is 5.92 Å². The highest BCUT2D eigenvalue weighted by atomic mass is 16.2. The van der Waals surface area contributed by atoms with Gasteiger partial charge in [-0.05, 0) is 43.9 Å². The molecule has 1 fully saturated rings. The van der Waals surface area contributed by atoms with Crippen molar-refractivity contribution in [3.05, 3.63) is 29.1 Å². The van der Waals surface area contributed by atoms with Crippen LogP contribution in [0.5, 0.6) is 0 Å². The summed E-state index contributed by atoms with van der Waals surface area (Å²) in [5.74, 6) is 0.694. The van der Waals surface area contributed by atoms with Gasteiger partial charge in [0.15, 0.2) is 0 Å². The van der Waals surface area contributed by atoms with Crippen LogP contribution in [0.2, 0.25) is 0 Å². The predicted octanol–water partition coefficient (Wildman–Crippen LogP) is 1.60. The second-order valence-electron chi connectivity index (χ2n) is 5.73. The lowest BCUT2D eigenvalue weighted by atomic mass is 9.99. The first-order valence-corrected chi connectivity index (χ1v) is 7.17. The molecule has 2 aliphatic heterocycles. The van der Waals surface area contributed by atoms with E-state index in [2.05, 4.69) is 24.1 Å². The zero-order chi connectivity index (χ0) is 13.4. The number of carbonyl (C=O) groups is 1. The first-order chi connectivity index (χ1) is 9.18. The first kappa shape index (κ1) is 12.6. The molecule has 0 bridgehead atoms. The molecule has 0 spiro atoms. The number of nitrogens with zero attached hydrogens (tertiary/aromatic N) is 2. The van der Waals surface area contributed by atoms with Crippen LogP contribution >= 0.6 is 0 Å². The Labute approximate surface area is 114 Å². The summed E-state index contributed by atoms with van der Waals surface area (Å²) in [5, 5.41) is 3.34. The van der Waals surface area contributed by atoms with Crippen molar-refractivity contribution in [1.29, 1.82) is 0 Å². The van der Waals surface area contributed by atoms with Gasteiger partial charge in [0, 0.05) is 30.9 Å². The van der Waals surface area contributed by atoms with Gasteiger partial charge in [-0.15, -0.1) is 0 Å². The summed E-state index contributed by atoms with van der Waals surface area (Å²) in [5.41, 5.74) is 3.04. The Hall–Kier alpha value is -1.42. The first-order valence-electron chi connectivity index (χ1n) is 7.17. The van der Waals surface area contributed by atoms with E-state index in [0.717, 1.165) is 38.0 Å². The van der Waals surface area contributed by atoms with Crippen LogP contribution in [0.15, 0.2) is 12.3 Å². The van der Waals surface area contributed by atoms with E-state index in [1.165, 1.54) is 5.56 Å². The standard InChI is InChI=1S/C15H21N3O/c1-10-5-8-18(11(10)2)15(19)14-13-9-16-6-3-12(13)4-7-17-14/h4,7,10-11,16H,3,5-6,8-9H2,1-2H3. The van der Waals surface area contributed by atoms with Gasteiger partial charge in [-0.25, -0.2) is 0 Å². The van der Waals surface area contributed by atoms with Gasteiger partial charge in [-0.1, -0.05) is 6.92 Å². The van der Waals surface area contributed by atoms with Crippen LogP contribution in [0.1, 0.15) is 41.9 Å². The number of rotatable bonds is 1. The number of nitrogens with one attached hydrogen (secondary N) is 1. The van der Waals surface area contributed by atoms with Crippen LogP contribution in [0.25, 0.3) is 0 Å². The van der Waals surface area contributed by atoms with E-state index in [-0.39, 0.29) is 5.91 Å². The fraction of sp³-hybridized carbons (Fsp3) is 0.600. The summed E-state index contributed by atoms with van der Waals surface area (Å²) < 4.78 is 0. The minimum Gasteiger partial charge on any atom is -0.334 e. The lowest BCUT2D eigenvalue weighted by molar-refractivity contribution is 0.0727. The quantitative estimate of drug-likeness (QED) is 0.833. The van der Waals surface area contributed by atoms with Gasteiger partial charge in [0.2, 0.25) is 0 Å². The Morgan fingerprint density at radius 2 is 2.32 bits per heavy atom. The maximum atomic E-state index is 12.7. The number of hydrogen-bond acceptors (Lipinski definition) is 3. The van der Waals surface area contributed by atoms with Gasteiger partial charge in [0.25, 0.3) is 5.91 Å². The summed E-state index contributed by atoms with van der Waals surface area (Å²) in [7, 11) is 0. The molecule has 1 N–H and O–H groups in total. The van der Waals surface area contributed by atoms with Crippen molar-refractivity contribution in [2.75, 3.05) is 13.1 Å². The van der Waals surface area contributed by atoms with Crippen molar-refractivity contribution in [3.8, 4) is 0 Å². The predicted molar refractivity (Wildman–Crippen MR) is 73.9 cm³/mol. The summed E-state index contributed by atoms with van der Waals surface area (Å²) in [6.45, 7) is 6.97. The minimum absolute atomic E-state index is 0.109. The summed E-state index contributed by atoms with van der Waals surface area (Å²) in [6, 6.07) is 2.37. The molecule has 1 saturated heterocycles. The minimum atomic E-state index is 0.109. The molecule has 1 aromatic heterocycles. The van der Waals surface area contributed by atoms with Gasteiger partial charge < -0.3 is 10.2 Å². The normalized spacial score (nSPS) is 26.3. The van der Waals surface area contributed by atoms with Crippen molar-refractivity contribution in [2.45, 2.75) is 39.3 Å². The molecular weight excluding hydrogens is 238 g/mol. The zero-order valence-corrected chi connectivity index (χ0v) is 11.6. The number of fused-ring (bicyclic) bond motifs is 1. The van der Waals surface area contributed by atoms with Crippen molar-refractivity contribution in [1.82, 2.24) is 15.2 Å². The highest BCUT2D eigenvalue weighted by molar-refractivity contribution is 5.94. The van der Waals surface area contributed by atoms with Crippen LogP contribution in [0.4, 0.5) is 0 Å². The lowest BCUT2D eigenvalue weighted by Crippen LogP contribution is -2.37. The van der Waals surface area contributed by atoms with Gasteiger partial charge in [0.1, 0.15) is 5.69 Å². The highest BCUT2D eigenvalue weighted by Gasteiger charge is 2.33. The monoisotopic (exact) mass is 259 g/mol. The Bertz CT molecular complexity index is 500. The summed E-state index contributed by atoms with van der Waals surface area (Å²) >= 11 is 0. The largest absolute Gasteiger partial charge is 0.334 e. The van der Waals surface area contributed by atoms with E-state index in [1.807, 2.05) is 11.0 Å². The lowest BCUT2D eigenvalue weighted by Gasteiger charge is -2.26. The molecule has 4 heteroatoms. The molecule has 0 aromatic carbocycles. The molecule has 0 radical (unpaired) electrons. The number of aromatic nitrogens is 1. The third-order valence-corrected chi connectivity index (χ3v) is 4.63. The smallest absolute Gasteiger partial charge is 0.273 e. The van der Waals surface area contributed by atoms with Crippen molar-refractivity contribution in [3.63, 3.8) is 0 Å². The topological polar surface area (TPSA) is 45.2 Å². The maximum Gasteiger partial charge on any atom is 0.273 e. The number of pyridine rings is 1. The number of carbonyl (C=O) groups excluding carboxylic acids is 1. The van der Waals surface area contributed by atoms with E-state index in [0.29, 0.717) is 17.7 Å².